The van der Waals surface area contributed by atoms with E-state index in [1.54, 1.807) is 0 Å². The average molecular weight is 296 g/mol. The van der Waals surface area contributed by atoms with E-state index in [9.17, 15) is 0 Å². The molecule has 0 spiro atoms. The molecule has 2 rings (SSSR count). The Bertz CT molecular complexity index is 345. The summed E-state index contributed by atoms with van der Waals surface area (Å²) in [6.07, 6.45) is 9.25. The Morgan fingerprint density at radius 2 is 2.06 bits per heavy atom. The molecule has 1 aliphatic carbocycles. The molecule has 0 aromatic heterocycles. The third kappa shape index (κ3) is 4.44. The van der Waals surface area contributed by atoms with Crippen LogP contribution in [0.4, 0.5) is 0 Å². The minimum atomic E-state index is 0.324. The van der Waals surface area contributed by atoms with Crippen molar-refractivity contribution in [2.75, 3.05) is 0 Å². The van der Waals surface area contributed by atoms with Gasteiger partial charge in [-0.05, 0) is 42.9 Å². The Labute approximate surface area is 113 Å². The zero-order valence-electron chi connectivity index (χ0n) is 10.4. The van der Waals surface area contributed by atoms with Crippen molar-refractivity contribution in [3.63, 3.8) is 0 Å². The lowest BCUT2D eigenvalue weighted by molar-refractivity contribution is 0.447. The number of halogens is 1. The summed E-state index contributed by atoms with van der Waals surface area (Å²) < 4.78 is 1.15. The second kappa shape index (κ2) is 6.55. The molecule has 94 valence electrons. The summed E-state index contributed by atoms with van der Waals surface area (Å²) in [5, 5.41) is 0. The molecule has 2 N–H and O–H groups in total. The van der Waals surface area contributed by atoms with Gasteiger partial charge in [0.15, 0.2) is 0 Å². The van der Waals surface area contributed by atoms with Crippen LogP contribution in [0.2, 0.25) is 0 Å². The molecule has 17 heavy (non-hydrogen) atoms. The Kier molecular flexibility index (Phi) is 5.05. The first-order valence-electron chi connectivity index (χ1n) is 6.74. The highest BCUT2D eigenvalue weighted by Crippen LogP contribution is 2.29. The molecule has 1 nitrogen and oxygen atoms in total. The second-order valence-corrected chi connectivity index (χ2v) is 6.24. The fraction of sp³-hybridized carbons (Fsp3) is 0.600. The minimum Gasteiger partial charge on any atom is -0.327 e. The summed E-state index contributed by atoms with van der Waals surface area (Å²) in [6, 6.07) is 8.82. The highest BCUT2D eigenvalue weighted by Gasteiger charge is 2.16. The molecule has 1 atom stereocenters. The van der Waals surface area contributed by atoms with Gasteiger partial charge in [0.05, 0.1) is 0 Å². The molecule has 1 saturated carbocycles. The van der Waals surface area contributed by atoms with Crippen LogP contribution in [-0.4, -0.2) is 6.04 Å². The van der Waals surface area contributed by atoms with Crippen molar-refractivity contribution in [3.05, 3.63) is 34.3 Å². The van der Waals surface area contributed by atoms with Gasteiger partial charge in [0.1, 0.15) is 0 Å². The van der Waals surface area contributed by atoms with Gasteiger partial charge in [-0.2, -0.15) is 0 Å². The van der Waals surface area contributed by atoms with Crippen LogP contribution in [-0.2, 0) is 6.42 Å². The summed E-state index contributed by atoms with van der Waals surface area (Å²) in [5.41, 5.74) is 7.56. The molecular formula is C15H22BrN. The van der Waals surface area contributed by atoms with Crippen molar-refractivity contribution in [3.8, 4) is 0 Å². The van der Waals surface area contributed by atoms with E-state index in [2.05, 4.69) is 40.2 Å². The lowest BCUT2D eigenvalue weighted by Crippen LogP contribution is -2.23. The van der Waals surface area contributed by atoms with Gasteiger partial charge < -0.3 is 5.73 Å². The Morgan fingerprint density at radius 1 is 1.29 bits per heavy atom. The van der Waals surface area contributed by atoms with Gasteiger partial charge >= 0.3 is 0 Å². The minimum absolute atomic E-state index is 0.324. The monoisotopic (exact) mass is 295 g/mol. The summed E-state index contributed by atoms with van der Waals surface area (Å²) in [6.45, 7) is 0. The third-order valence-electron chi connectivity index (χ3n) is 3.81. The van der Waals surface area contributed by atoms with E-state index in [-0.39, 0.29) is 0 Å². The first-order chi connectivity index (χ1) is 8.24. The van der Waals surface area contributed by atoms with E-state index in [0.717, 1.165) is 16.8 Å². The van der Waals surface area contributed by atoms with Crippen LogP contribution in [0.5, 0.6) is 0 Å². The van der Waals surface area contributed by atoms with Crippen LogP contribution < -0.4 is 5.73 Å². The van der Waals surface area contributed by atoms with E-state index in [0.29, 0.717) is 6.04 Å². The van der Waals surface area contributed by atoms with Crippen LogP contribution in [0.3, 0.4) is 0 Å². The fourth-order valence-corrected chi connectivity index (χ4v) is 3.26. The van der Waals surface area contributed by atoms with Gasteiger partial charge in [-0.1, -0.05) is 53.7 Å². The van der Waals surface area contributed by atoms with E-state index in [4.69, 9.17) is 5.73 Å². The van der Waals surface area contributed by atoms with Crippen molar-refractivity contribution >= 4 is 15.9 Å². The highest BCUT2D eigenvalue weighted by molar-refractivity contribution is 9.10. The van der Waals surface area contributed by atoms with Crippen molar-refractivity contribution in [2.24, 2.45) is 11.7 Å². The summed E-state index contributed by atoms with van der Waals surface area (Å²) >= 11 is 3.50. The SMILES string of the molecule is NC(CCC1CCCC1)Cc1cccc(Br)c1. The van der Waals surface area contributed by atoms with Crippen molar-refractivity contribution in [1.82, 2.24) is 0 Å². The molecule has 1 fully saturated rings. The second-order valence-electron chi connectivity index (χ2n) is 5.32. The predicted molar refractivity (Wildman–Crippen MR) is 77.0 cm³/mol. The zero-order chi connectivity index (χ0) is 12.1. The number of nitrogens with two attached hydrogens (primary N) is 1. The lowest BCUT2D eigenvalue weighted by Gasteiger charge is -2.14. The topological polar surface area (TPSA) is 26.0 Å². The lowest BCUT2D eigenvalue weighted by atomic mass is 9.96. The van der Waals surface area contributed by atoms with Gasteiger partial charge in [0.25, 0.3) is 0 Å². The predicted octanol–water partition coefficient (Wildman–Crippen LogP) is 4.29. The van der Waals surface area contributed by atoms with Gasteiger partial charge in [-0.3, -0.25) is 0 Å². The quantitative estimate of drug-likeness (QED) is 0.862. The van der Waals surface area contributed by atoms with Gasteiger partial charge in [0, 0.05) is 10.5 Å². The fourth-order valence-electron chi connectivity index (χ4n) is 2.82. The van der Waals surface area contributed by atoms with E-state index in [1.165, 1.54) is 44.1 Å². The van der Waals surface area contributed by atoms with Crippen molar-refractivity contribution < 1.29 is 0 Å². The molecule has 1 aliphatic rings. The number of rotatable bonds is 5. The highest BCUT2D eigenvalue weighted by atomic mass is 79.9. The molecule has 0 bridgehead atoms. The number of hydrogen-bond donors (Lipinski definition) is 1. The molecule has 0 aliphatic heterocycles. The van der Waals surface area contributed by atoms with E-state index >= 15 is 0 Å². The molecule has 0 heterocycles. The normalized spacial score (nSPS) is 18.5. The first-order valence-corrected chi connectivity index (χ1v) is 7.53. The molecular weight excluding hydrogens is 274 g/mol. The summed E-state index contributed by atoms with van der Waals surface area (Å²) in [5.74, 6) is 0.962. The van der Waals surface area contributed by atoms with Gasteiger partial charge in [-0.25, -0.2) is 0 Å². The Hall–Kier alpha value is -0.340. The maximum absolute atomic E-state index is 6.22. The van der Waals surface area contributed by atoms with Crippen LogP contribution >= 0.6 is 15.9 Å². The molecule has 0 saturated heterocycles. The standard InChI is InChI=1S/C15H22BrN/c16-14-7-3-6-13(10-14)11-15(17)9-8-12-4-1-2-5-12/h3,6-7,10,12,15H,1-2,4-5,8-9,11,17H2. The molecule has 2 heteroatoms. The largest absolute Gasteiger partial charge is 0.327 e. The smallest absolute Gasteiger partial charge is 0.0178 e. The Morgan fingerprint density at radius 3 is 2.76 bits per heavy atom. The van der Waals surface area contributed by atoms with E-state index < -0.39 is 0 Å². The number of hydrogen-bond acceptors (Lipinski definition) is 1. The van der Waals surface area contributed by atoms with Crippen molar-refractivity contribution in [1.29, 1.82) is 0 Å². The van der Waals surface area contributed by atoms with Gasteiger partial charge in [-0.15, -0.1) is 0 Å². The average Bonchev–Trinajstić information content (AvgIpc) is 2.79. The summed E-state index contributed by atoms with van der Waals surface area (Å²) in [7, 11) is 0. The maximum atomic E-state index is 6.22. The zero-order valence-corrected chi connectivity index (χ0v) is 12.0. The number of benzene rings is 1. The summed E-state index contributed by atoms with van der Waals surface area (Å²) in [4.78, 5) is 0. The van der Waals surface area contributed by atoms with Crippen LogP contribution in [0.25, 0.3) is 0 Å². The molecule has 1 unspecified atom stereocenters. The third-order valence-corrected chi connectivity index (χ3v) is 4.30. The molecule has 1 aromatic carbocycles. The van der Waals surface area contributed by atoms with E-state index in [1.807, 2.05) is 0 Å². The van der Waals surface area contributed by atoms with Crippen LogP contribution in [0.15, 0.2) is 28.7 Å². The molecule has 0 radical (unpaired) electrons. The van der Waals surface area contributed by atoms with Crippen LogP contribution in [0.1, 0.15) is 44.1 Å². The molecule has 0 amide bonds. The molecule has 1 aromatic rings. The van der Waals surface area contributed by atoms with Crippen molar-refractivity contribution in [2.45, 2.75) is 51.0 Å². The Balaban J connectivity index is 1.74. The maximum Gasteiger partial charge on any atom is 0.0178 e. The first kappa shape index (κ1) is 13.1. The van der Waals surface area contributed by atoms with Gasteiger partial charge in [0.2, 0.25) is 0 Å². The van der Waals surface area contributed by atoms with Crippen LogP contribution in [0, 0.1) is 5.92 Å².